The van der Waals surface area contributed by atoms with Crippen molar-refractivity contribution in [3.8, 4) is 11.4 Å². The molecule has 0 saturated carbocycles. The minimum atomic E-state index is -0.277. The largest absolute Gasteiger partial charge is 0.353 e. The fourth-order valence-electron chi connectivity index (χ4n) is 2.63. The second kappa shape index (κ2) is 6.60. The summed E-state index contributed by atoms with van der Waals surface area (Å²) in [6, 6.07) is 21.4. The average molecular weight is 331 g/mol. The summed E-state index contributed by atoms with van der Waals surface area (Å²) in [5, 5.41) is 11.9. The second-order valence-electron chi connectivity index (χ2n) is 5.68. The summed E-state index contributed by atoms with van der Waals surface area (Å²) < 4.78 is 7.30. The molecule has 6 heteroatoms. The number of anilines is 1. The van der Waals surface area contributed by atoms with Gasteiger partial charge in [-0.15, -0.1) is 0 Å². The summed E-state index contributed by atoms with van der Waals surface area (Å²) in [6.45, 7) is 0. The van der Waals surface area contributed by atoms with Crippen molar-refractivity contribution in [3.63, 3.8) is 0 Å². The van der Waals surface area contributed by atoms with Crippen LogP contribution in [0.3, 0.4) is 0 Å². The lowest BCUT2D eigenvalue weighted by Crippen LogP contribution is -2.13. The first-order chi connectivity index (χ1) is 12.3. The molecule has 124 valence electrons. The highest BCUT2D eigenvalue weighted by atomic mass is 16.5. The lowest BCUT2D eigenvalue weighted by Gasteiger charge is -2.14. The fraction of sp³-hybridized carbons (Fsp3) is 0.105. The predicted octanol–water partition coefficient (Wildman–Crippen LogP) is 3.67. The van der Waals surface area contributed by atoms with Crippen LogP contribution in [0.25, 0.3) is 11.4 Å². The molecule has 0 amide bonds. The summed E-state index contributed by atoms with van der Waals surface area (Å²) >= 11 is 0. The molecule has 0 bridgehead atoms. The van der Waals surface area contributed by atoms with Crippen molar-refractivity contribution in [2.24, 2.45) is 7.05 Å². The molecule has 0 aliphatic heterocycles. The van der Waals surface area contributed by atoms with E-state index in [0.717, 1.165) is 16.9 Å². The Morgan fingerprint density at radius 3 is 2.36 bits per heavy atom. The molecular weight excluding hydrogens is 314 g/mol. The number of nitrogens with zero attached hydrogens (tertiary/aromatic N) is 4. The number of benzene rings is 2. The Morgan fingerprint density at radius 2 is 1.68 bits per heavy atom. The zero-order chi connectivity index (χ0) is 17.1. The van der Waals surface area contributed by atoms with Crippen LogP contribution in [0.2, 0.25) is 0 Å². The predicted molar refractivity (Wildman–Crippen MR) is 94.8 cm³/mol. The van der Waals surface area contributed by atoms with Gasteiger partial charge in [0.2, 0.25) is 5.82 Å². The van der Waals surface area contributed by atoms with Gasteiger partial charge in [-0.1, -0.05) is 65.8 Å². The van der Waals surface area contributed by atoms with Gasteiger partial charge in [-0.25, -0.2) is 0 Å². The van der Waals surface area contributed by atoms with Crippen LogP contribution in [0.1, 0.15) is 17.5 Å². The first kappa shape index (κ1) is 15.1. The molecule has 0 fully saturated rings. The van der Waals surface area contributed by atoms with E-state index >= 15 is 0 Å². The molecule has 1 atom stereocenters. The van der Waals surface area contributed by atoms with Crippen molar-refractivity contribution in [1.29, 1.82) is 0 Å². The molecule has 2 aromatic carbocycles. The zero-order valence-electron chi connectivity index (χ0n) is 13.7. The third-order valence-corrected chi connectivity index (χ3v) is 3.86. The van der Waals surface area contributed by atoms with Crippen molar-refractivity contribution in [2.75, 3.05) is 5.32 Å². The van der Waals surface area contributed by atoms with Crippen LogP contribution >= 0.6 is 0 Å². The van der Waals surface area contributed by atoms with E-state index in [1.807, 2.05) is 80.0 Å². The summed E-state index contributed by atoms with van der Waals surface area (Å²) in [5.74, 6) is 1.81. The summed E-state index contributed by atoms with van der Waals surface area (Å²) in [6.07, 6.45) is 1.88. The number of rotatable bonds is 5. The minimum absolute atomic E-state index is 0.277. The highest BCUT2D eigenvalue weighted by Crippen LogP contribution is 2.26. The maximum atomic E-state index is 5.56. The molecule has 0 radical (unpaired) electrons. The standard InChI is InChI=1S/C19H17N5O/c1-24-13-12-16(22-24)20-17(14-8-4-2-5-9-14)19-21-18(23-25-19)15-10-6-3-7-11-15/h2-13,17H,1H3,(H,20,22)/t17-/m1/s1. The number of nitrogens with one attached hydrogen (secondary N) is 1. The lowest BCUT2D eigenvalue weighted by molar-refractivity contribution is 0.372. The lowest BCUT2D eigenvalue weighted by atomic mass is 10.1. The molecule has 6 nitrogen and oxygen atoms in total. The van der Waals surface area contributed by atoms with Gasteiger partial charge in [-0.2, -0.15) is 10.1 Å². The molecule has 2 heterocycles. The summed E-state index contributed by atoms with van der Waals surface area (Å²) in [4.78, 5) is 4.59. The van der Waals surface area contributed by atoms with Crippen molar-refractivity contribution >= 4 is 5.82 Å². The van der Waals surface area contributed by atoms with E-state index in [1.54, 1.807) is 4.68 Å². The van der Waals surface area contributed by atoms with Crippen LogP contribution in [-0.2, 0) is 7.05 Å². The molecule has 0 aliphatic rings. The first-order valence-electron chi connectivity index (χ1n) is 8.00. The van der Waals surface area contributed by atoms with Crippen molar-refractivity contribution in [1.82, 2.24) is 19.9 Å². The van der Waals surface area contributed by atoms with Gasteiger partial charge in [0.1, 0.15) is 11.9 Å². The highest BCUT2D eigenvalue weighted by molar-refractivity contribution is 5.54. The number of aromatic nitrogens is 4. The zero-order valence-corrected chi connectivity index (χ0v) is 13.7. The Balaban J connectivity index is 1.70. The third-order valence-electron chi connectivity index (χ3n) is 3.86. The quantitative estimate of drug-likeness (QED) is 0.604. The van der Waals surface area contributed by atoms with Gasteiger partial charge in [-0.3, -0.25) is 4.68 Å². The number of hydrogen-bond acceptors (Lipinski definition) is 5. The van der Waals surface area contributed by atoms with Crippen LogP contribution in [0.4, 0.5) is 5.82 Å². The van der Waals surface area contributed by atoms with Crippen LogP contribution in [-0.4, -0.2) is 19.9 Å². The first-order valence-corrected chi connectivity index (χ1v) is 8.00. The number of aryl methyl sites for hydroxylation is 1. The second-order valence-corrected chi connectivity index (χ2v) is 5.68. The van der Waals surface area contributed by atoms with E-state index < -0.39 is 0 Å². The molecule has 0 unspecified atom stereocenters. The van der Waals surface area contributed by atoms with Gasteiger partial charge in [0.15, 0.2) is 0 Å². The van der Waals surface area contributed by atoms with Crippen molar-refractivity contribution in [2.45, 2.75) is 6.04 Å². The van der Waals surface area contributed by atoms with Gasteiger partial charge < -0.3 is 9.84 Å². The van der Waals surface area contributed by atoms with E-state index in [4.69, 9.17) is 4.52 Å². The number of hydrogen-bond donors (Lipinski definition) is 1. The molecule has 0 saturated heterocycles. The van der Waals surface area contributed by atoms with E-state index in [9.17, 15) is 0 Å². The van der Waals surface area contributed by atoms with Crippen LogP contribution in [0, 0.1) is 0 Å². The van der Waals surface area contributed by atoms with Crippen molar-refractivity contribution in [3.05, 3.63) is 84.4 Å². The summed E-state index contributed by atoms with van der Waals surface area (Å²) in [7, 11) is 1.88. The topological polar surface area (TPSA) is 68.8 Å². The molecule has 1 N–H and O–H groups in total. The normalized spacial score (nSPS) is 12.0. The Hall–Kier alpha value is -3.41. The monoisotopic (exact) mass is 331 g/mol. The van der Waals surface area contributed by atoms with Crippen LogP contribution < -0.4 is 5.32 Å². The van der Waals surface area contributed by atoms with Gasteiger partial charge in [-0.05, 0) is 5.56 Å². The molecule has 4 aromatic rings. The van der Waals surface area contributed by atoms with Gasteiger partial charge >= 0.3 is 0 Å². The van der Waals surface area contributed by atoms with Gasteiger partial charge in [0, 0.05) is 24.9 Å². The van der Waals surface area contributed by atoms with E-state index in [2.05, 4.69) is 20.6 Å². The molecule has 25 heavy (non-hydrogen) atoms. The van der Waals surface area contributed by atoms with Crippen LogP contribution in [0.15, 0.2) is 77.4 Å². The van der Waals surface area contributed by atoms with Gasteiger partial charge in [0.05, 0.1) is 0 Å². The fourth-order valence-corrected chi connectivity index (χ4v) is 2.63. The SMILES string of the molecule is Cn1ccc(N[C@H](c2ccccc2)c2nc(-c3ccccc3)no2)n1. The highest BCUT2D eigenvalue weighted by Gasteiger charge is 2.22. The Kier molecular flexibility index (Phi) is 4.00. The van der Waals surface area contributed by atoms with E-state index in [0.29, 0.717) is 11.7 Å². The smallest absolute Gasteiger partial charge is 0.254 e. The molecule has 4 rings (SSSR count). The Morgan fingerprint density at radius 1 is 0.960 bits per heavy atom. The molecule has 2 aromatic heterocycles. The molecular formula is C19H17N5O. The molecule has 0 aliphatic carbocycles. The third kappa shape index (κ3) is 3.28. The van der Waals surface area contributed by atoms with Crippen LogP contribution in [0.5, 0.6) is 0 Å². The Labute approximate surface area is 145 Å². The average Bonchev–Trinajstić information content (AvgIpc) is 3.30. The Bertz CT molecular complexity index is 946. The maximum Gasteiger partial charge on any atom is 0.254 e. The van der Waals surface area contributed by atoms with E-state index in [1.165, 1.54) is 0 Å². The maximum absolute atomic E-state index is 5.56. The molecule has 0 spiro atoms. The van der Waals surface area contributed by atoms with Gasteiger partial charge in [0.25, 0.3) is 5.89 Å². The summed E-state index contributed by atoms with van der Waals surface area (Å²) in [5.41, 5.74) is 1.94. The van der Waals surface area contributed by atoms with E-state index in [-0.39, 0.29) is 6.04 Å². The minimum Gasteiger partial charge on any atom is -0.353 e. The van der Waals surface area contributed by atoms with Crippen molar-refractivity contribution < 1.29 is 4.52 Å².